The lowest BCUT2D eigenvalue weighted by molar-refractivity contribution is 0.0700. The highest BCUT2D eigenvalue weighted by molar-refractivity contribution is 7.13. The van der Waals surface area contributed by atoms with Gasteiger partial charge in [-0.15, -0.1) is 11.3 Å². The summed E-state index contributed by atoms with van der Waals surface area (Å²) >= 11 is 1.27. The van der Waals surface area contributed by atoms with Gasteiger partial charge in [-0.2, -0.15) is 0 Å². The van der Waals surface area contributed by atoms with Crippen LogP contribution in [0.15, 0.2) is 0 Å². The van der Waals surface area contributed by atoms with E-state index in [1.54, 1.807) is 7.11 Å². The summed E-state index contributed by atoms with van der Waals surface area (Å²) in [5, 5.41) is 9.90. The SMILES string of the molecule is CCCCc1nc(CCOC)sc1C(=O)O. The fourth-order valence-electron chi connectivity index (χ4n) is 1.38. The molecule has 0 radical (unpaired) electrons. The van der Waals surface area contributed by atoms with Crippen LogP contribution in [0.3, 0.4) is 0 Å². The number of hydrogen-bond acceptors (Lipinski definition) is 4. The maximum Gasteiger partial charge on any atom is 0.347 e. The zero-order chi connectivity index (χ0) is 12.0. The van der Waals surface area contributed by atoms with E-state index in [-0.39, 0.29) is 0 Å². The average Bonchev–Trinajstić information content (AvgIpc) is 2.67. The maximum absolute atomic E-state index is 11.0. The number of aromatic carboxylic acids is 1. The molecular formula is C11H17NO3S. The highest BCUT2D eigenvalue weighted by atomic mass is 32.1. The van der Waals surface area contributed by atoms with Crippen LogP contribution in [0.25, 0.3) is 0 Å². The van der Waals surface area contributed by atoms with Gasteiger partial charge in [0.25, 0.3) is 0 Å². The molecule has 1 rings (SSSR count). The highest BCUT2D eigenvalue weighted by Crippen LogP contribution is 2.21. The maximum atomic E-state index is 11.0. The molecule has 0 aliphatic heterocycles. The van der Waals surface area contributed by atoms with Gasteiger partial charge in [-0.1, -0.05) is 13.3 Å². The minimum absolute atomic E-state index is 0.388. The van der Waals surface area contributed by atoms with Gasteiger partial charge in [-0.25, -0.2) is 9.78 Å². The largest absolute Gasteiger partial charge is 0.477 e. The summed E-state index contributed by atoms with van der Waals surface area (Å²) in [5.41, 5.74) is 0.727. The molecule has 1 aromatic heterocycles. The van der Waals surface area contributed by atoms with Crippen LogP contribution in [0.4, 0.5) is 0 Å². The lowest BCUT2D eigenvalue weighted by Gasteiger charge is -1.95. The lowest BCUT2D eigenvalue weighted by atomic mass is 10.2. The normalized spacial score (nSPS) is 10.6. The van der Waals surface area contributed by atoms with Crippen LogP contribution in [-0.4, -0.2) is 29.8 Å². The van der Waals surface area contributed by atoms with E-state index in [0.717, 1.165) is 30.0 Å². The van der Waals surface area contributed by atoms with E-state index in [2.05, 4.69) is 11.9 Å². The molecule has 16 heavy (non-hydrogen) atoms. The van der Waals surface area contributed by atoms with Crippen LogP contribution in [0.5, 0.6) is 0 Å². The third-order valence-corrected chi connectivity index (χ3v) is 3.37. The van der Waals surface area contributed by atoms with Crippen molar-refractivity contribution in [3.05, 3.63) is 15.6 Å². The molecule has 0 saturated carbocycles. The second-order valence-electron chi connectivity index (χ2n) is 3.53. The van der Waals surface area contributed by atoms with E-state index in [0.29, 0.717) is 17.9 Å². The number of carbonyl (C=O) groups is 1. The van der Waals surface area contributed by atoms with Gasteiger partial charge < -0.3 is 9.84 Å². The smallest absolute Gasteiger partial charge is 0.347 e. The Labute approximate surface area is 99.3 Å². The van der Waals surface area contributed by atoms with Gasteiger partial charge >= 0.3 is 5.97 Å². The summed E-state index contributed by atoms with van der Waals surface area (Å²) in [6.45, 7) is 2.67. The Bertz CT molecular complexity index is 349. The topological polar surface area (TPSA) is 59.4 Å². The fraction of sp³-hybridized carbons (Fsp3) is 0.636. The van der Waals surface area contributed by atoms with Crippen LogP contribution in [0.2, 0.25) is 0 Å². The van der Waals surface area contributed by atoms with Crippen molar-refractivity contribution in [3.8, 4) is 0 Å². The molecule has 1 N–H and O–H groups in total. The Morgan fingerprint density at radius 2 is 2.25 bits per heavy atom. The second-order valence-corrected chi connectivity index (χ2v) is 4.62. The number of thiazole rings is 1. The van der Waals surface area contributed by atoms with Crippen molar-refractivity contribution >= 4 is 17.3 Å². The number of rotatable bonds is 7. The van der Waals surface area contributed by atoms with Gasteiger partial charge in [0.1, 0.15) is 4.88 Å². The summed E-state index contributed by atoms with van der Waals surface area (Å²) in [4.78, 5) is 15.8. The molecule has 0 atom stereocenters. The first-order valence-electron chi connectivity index (χ1n) is 5.39. The first-order valence-corrected chi connectivity index (χ1v) is 6.21. The Morgan fingerprint density at radius 1 is 1.50 bits per heavy atom. The monoisotopic (exact) mass is 243 g/mol. The molecule has 0 aliphatic rings. The lowest BCUT2D eigenvalue weighted by Crippen LogP contribution is -1.99. The average molecular weight is 243 g/mol. The second kappa shape index (κ2) is 6.60. The molecule has 0 saturated heterocycles. The Morgan fingerprint density at radius 3 is 2.81 bits per heavy atom. The summed E-state index contributed by atoms with van der Waals surface area (Å²) < 4.78 is 4.96. The summed E-state index contributed by atoms with van der Waals surface area (Å²) in [7, 11) is 1.63. The van der Waals surface area contributed by atoms with E-state index in [1.807, 2.05) is 0 Å². The van der Waals surface area contributed by atoms with Gasteiger partial charge in [0.2, 0.25) is 0 Å². The van der Waals surface area contributed by atoms with E-state index >= 15 is 0 Å². The summed E-state index contributed by atoms with van der Waals surface area (Å²) in [6, 6.07) is 0. The molecular weight excluding hydrogens is 226 g/mol. The predicted octanol–water partition coefficient (Wildman–Crippen LogP) is 2.37. The van der Waals surface area contributed by atoms with Gasteiger partial charge in [0, 0.05) is 13.5 Å². The molecule has 0 amide bonds. The van der Waals surface area contributed by atoms with Gasteiger partial charge in [0.05, 0.1) is 17.3 Å². The van der Waals surface area contributed by atoms with E-state index in [4.69, 9.17) is 9.84 Å². The van der Waals surface area contributed by atoms with E-state index in [1.165, 1.54) is 11.3 Å². The minimum Gasteiger partial charge on any atom is -0.477 e. The van der Waals surface area contributed by atoms with Crippen molar-refractivity contribution < 1.29 is 14.6 Å². The Hall–Kier alpha value is -0.940. The van der Waals surface area contributed by atoms with Crippen molar-refractivity contribution in [2.45, 2.75) is 32.6 Å². The molecule has 1 heterocycles. The number of nitrogens with zero attached hydrogens (tertiary/aromatic N) is 1. The van der Waals surface area contributed by atoms with Gasteiger partial charge in [-0.05, 0) is 12.8 Å². The standard InChI is InChI=1S/C11H17NO3S/c1-3-4-5-8-10(11(13)14)16-9(12-8)6-7-15-2/h3-7H2,1-2H3,(H,13,14). The van der Waals surface area contributed by atoms with Crippen LogP contribution in [-0.2, 0) is 17.6 Å². The molecule has 4 nitrogen and oxygen atoms in total. The van der Waals surface area contributed by atoms with Crippen LogP contribution < -0.4 is 0 Å². The highest BCUT2D eigenvalue weighted by Gasteiger charge is 2.16. The van der Waals surface area contributed by atoms with Crippen LogP contribution >= 0.6 is 11.3 Å². The van der Waals surface area contributed by atoms with Gasteiger partial charge in [0.15, 0.2) is 0 Å². The van der Waals surface area contributed by atoms with Crippen molar-refractivity contribution in [1.29, 1.82) is 0 Å². The number of hydrogen-bond donors (Lipinski definition) is 1. The first-order chi connectivity index (χ1) is 7.69. The minimum atomic E-state index is -0.868. The molecule has 0 spiro atoms. The number of unbranched alkanes of at least 4 members (excludes halogenated alkanes) is 1. The van der Waals surface area contributed by atoms with Crippen LogP contribution in [0, 0.1) is 0 Å². The third kappa shape index (κ3) is 3.57. The third-order valence-electron chi connectivity index (χ3n) is 2.22. The van der Waals surface area contributed by atoms with Crippen molar-refractivity contribution in [2.75, 3.05) is 13.7 Å². The molecule has 0 fully saturated rings. The van der Waals surface area contributed by atoms with E-state index in [9.17, 15) is 4.79 Å². The Balaban J connectivity index is 2.78. The van der Waals surface area contributed by atoms with Crippen molar-refractivity contribution in [1.82, 2.24) is 4.98 Å². The summed E-state index contributed by atoms with van der Waals surface area (Å²) in [6.07, 6.45) is 3.47. The van der Waals surface area contributed by atoms with Crippen LogP contribution in [0.1, 0.15) is 40.1 Å². The zero-order valence-corrected chi connectivity index (χ0v) is 10.5. The number of aromatic nitrogens is 1. The fourth-order valence-corrected chi connectivity index (χ4v) is 2.31. The number of carboxylic acid groups (broad SMARTS) is 1. The number of ether oxygens (including phenoxy) is 1. The molecule has 0 bridgehead atoms. The quantitative estimate of drug-likeness (QED) is 0.798. The number of methoxy groups -OCH3 is 1. The van der Waals surface area contributed by atoms with Gasteiger partial charge in [-0.3, -0.25) is 0 Å². The molecule has 1 aromatic rings. The molecule has 0 aromatic carbocycles. The number of carboxylic acids is 1. The Kier molecular flexibility index (Phi) is 5.42. The molecule has 0 aliphatic carbocycles. The zero-order valence-electron chi connectivity index (χ0n) is 9.65. The van der Waals surface area contributed by atoms with Crippen molar-refractivity contribution in [2.24, 2.45) is 0 Å². The number of aryl methyl sites for hydroxylation is 1. The predicted molar refractivity (Wildman–Crippen MR) is 63.3 cm³/mol. The van der Waals surface area contributed by atoms with E-state index < -0.39 is 5.97 Å². The first kappa shape index (κ1) is 13.1. The molecule has 0 unspecified atom stereocenters. The molecule has 5 heteroatoms. The summed E-state index contributed by atoms with van der Waals surface area (Å²) in [5.74, 6) is -0.868. The molecule has 90 valence electrons. The van der Waals surface area contributed by atoms with Crippen molar-refractivity contribution in [3.63, 3.8) is 0 Å².